The van der Waals surface area contributed by atoms with Crippen LogP contribution in [0, 0.1) is 20.8 Å². The summed E-state index contributed by atoms with van der Waals surface area (Å²) in [5, 5.41) is 4.47. The Morgan fingerprint density at radius 2 is 0.976 bits per heavy atom. The Labute approximate surface area is 264 Å². The molecule has 0 atom stereocenters. The maximum Gasteiger partial charge on any atom is 0.157 e. The van der Waals surface area contributed by atoms with E-state index >= 15 is 0 Å². The minimum absolute atomic E-state index is 0. The molecule has 0 aromatic heterocycles. The fourth-order valence-corrected chi connectivity index (χ4v) is 9.68. The molecular formula is C38H54ClO2P. The summed E-state index contributed by atoms with van der Waals surface area (Å²) in [4.78, 5) is 0. The highest BCUT2D eigenvalue weighted by atomic mass is 35.5. The second-order valence-corrected chi connectivity index (χ2v) is 15.1. The zero-order chi connectivity index (χ0) is 29.3. The molecule has 42 heavy (non-hydrogen) atoms. The van der Waals surface area contributed by atoms with Gasteiger partial charge in [-0.15, -0.1) is 0 Å². The van der Waals surface area contributed by atoms with Crippen LogP contribution in [0.5, 0.6) is 0 Å². The van der Waals surface area contributed by atoms with Gasteiger partial charge in [0.2, 0.25) is 0 Å². The molecule has 0 fully saturated rings. The van der Waals surface area contributed by atoms with Crippen molar-refractivity contribution >= 4 is 23.2 Å². The van der Waals surface area contributed by atoms with E-state index in [0.29, 0.717) is 0 Å². The minimum atomic E-state index is -1.77. The van der Waals surface area contributed by atoms with Crippen LogP contribution in [-0.4, -0.2) is 25.7 Å². The van der Waals surface area contributed by atoms with Gasteiger partial charge in [0.05, 0.1) is 6.16 Å². The van der Waals surface area contributed by atoms with Gasteiger partial charge in [-0.3, -0.25) is 0 Å². The van der Waals surface area contributed by atoms with Crippen molar-refractivity contribution in [1.29, 1.82) is 0 Å². The van der Waals surface area contributed by atoms with Gasteiger partial charge in [-0.1, -0.05) is 85.5 Å². The van der Waals surface area contributed by atoms with Crippen LogP contribution < -0.4 is 28.3 Å². The summed E-state index contributed by atoms with van der Waals surface area (Å²) in [5.74, 6) is 0. The minimum Gasteiger partial charge on any atom is -1.00 e. The lowest BCUT2D eigenvalue weighted by Gasteiger charge is -2.28. The molecule has 0 heterocycles. The van der Waals surface area contributed by atoms with Gasteiger partial charge in [-0.25, -0.2) is 0 Å². The average molecular weight is 609 g/mol. The monoisotopic (exact) mass is 608 g/mol. The number of unbranched alkanes of at least 4 members (excludes halogenated alkanes) is 4. The quantitative estimate of drug-likeness (QED) is 0.0681. The number of aryl methyl sites for hydroxylation is 3. The van der Waals surface area contributed by atoms with Gasteiger partial charge in [0.1, 0.15) is 23.2 Å². The van der Waals surface area contributed by atoms with E-state index in [1.54, 1.807) is 0 Å². The Morgan fingerprint density at radius 3 is 1.38 bits per heavy atom. The lowest BCUT2D eigenvalue weighted by Crippen LogP contribution is -3.00. The van der Waals surface area contributed by atoms with Gasteiger partial charge >= 0.3 is 0 Å². The second kappa shape index (κ2) is 20.1. The van der Waals surface area contributed by atoms with Gasteiger partial charge in [0.15, 0.2) is 6.29 Å². The third-order valence-corrected chi connectivity index (χ3v) is 12.3. The molecule has 3 rings (SSSR count). The molecule has 3 aromatic rings. The van der Waals surface area contributed by atoms with Crippen LogP contribution in [0.2, 0.25) is 0 Å². The van der Waals surface area contributed by atoms with Crippen molar-refractivity contribution in [2.75, 3.05) is 19.4 Å². The first kappa shape index (κ1) is 36.2. The third-order valence-electron chi connectivity index (χ3n) is 7.78. The molecule has 0 radical (unpaired) electrons. The molecule has 0 aliphatic heterocycles. The summed E-state index contributed by atoms with van der Waals surface area (Å²) in [5.41, 5.74) is 3.96. The summed E-state index contributed by atoms with van der Waals surface area (Å²) >= 11 is 0. The van der Waals surface area contributed by atoms with E-state index in [0.717, 1.165) is 45.3 Å². The molecule has 0 amide bonds. The molecule has 3 aromatic carbocycles. The number of rotatable bonds is 19. The lowest BCUT2D eigenvalue weighted by molar-refractivity contribution is -0.146. The van der Waals surface area contributed by atoms with E-state index in [2.05, 4.69) is 120 Å². The smallest absolute Gasteiger partial charge is 0.157 e. The van der Waals surface area contributed by atoms with Crippen LogP contribution in [0.3, 0.4) is 0 Å². The Balaban J connectivity index is 0.00000616. The first-order valence-electron chi connectivity index (χ1n) is 16.0. The van der Waals surface area contributed by atoms with E-state index < -0.39 is 7.26 Å². The number of ether oxygens (including phenoxy) is 2. The first-order chi connectivity index (χ1) is 20.0. The van der Waals surface area contributed by atoms with Crippen LogP contribution in [0.15, 0.2) is 84.9 Å². The first-order valence-corrected chi connectivity index (χ1v) is 17.9. The molecule has 230 valence electrons. The molecule has 0 aliphatic rings. The van der Waals surface area contributed by atoms with Crippen molar-refractivity contribution in [1.82, 2.24) is 0 Å². The molecule has 0 saturated carbocycles. The zero-order valence-electron chi connectivity index (χ0n) is 26.8. The second-order valence-electron chi connectivity index (χ2n) is 11.5. The Bertz CT molecular complexity index is 1020. The van der Waals surface area contributed by atoms with Gasteiger partial charge in [-0.2, -0.15) is 0 Å². The number of allylic oxidation sites excluding steroid dienone is 2. The molecular weight excluding hydrogens is 555 g/mol. The summed E-state index contributed by atoms with van der Waals surface area (Å²) < 4.78 is 11.7. The Kier molecular flexibility index (Phi) is 17.3. The van der Waals surface area contributed by atoms with Gasteiger partial charge in [-0.05, 0) is 109 Å². The number of hydrogen-bond donors (Lipinski definition) is 0. The summed E-state index contributed by atoms with van der Waals surface area (Å²) in [6.45, 7) is 12.4. The highest BCUT2D eigenvalue weighted by molar-refractivity contribution is 7.95. The zero-order valence-corrected chi connectivity index (χ0v) is 28.4. The lowest BCUT2D eigenvalue weighted by atomic mass is 10.1. The molecule has 0 unspecified atom stereocenters. The van der Waals surface area contributed by atoms with Crippen LogP contribution in [0.4, 0.5) is 0 Å². The molecule has 2 nitrogen and oxygen atoms in total. The molecule has 0 aliphatic carbocycles. The number of halogens is 1. The van der Waals surface area contributed by atoms with Crippen LogP contribution in [0.25, 0.3) is 0 Å². The third kappa shape index (κ3) is 11.3. The van der Waals surface area contributed by atoms with E-state index in [9.17, 15) is 0 Å². The topological polar surface area (TPSA) is 18.5 Å². The normalized spacial score (nSPS) is 11.8. The average Bonchev–Trinajstić information content (AvgIpc) is 2.98. The van der Waals surface area contributed by atoms with Crippen molar-refractivity contribution in [3.63, 3.8) is 0 Å². The molecule has 0 saturated heterocycles. The summed E-state index contributed by atoms with van der Waals surface area (Å²) in [6.07, 6.45) is 16.2. The maximum absolute atomic E-state index is 5.87. The molecule has 0 spiro atoms. The van der Waals surface area contributed by atoms with Crippen LogP contribution in [-0.2, 0) is 9.47 Å². The van der Waals surface area contributed by atoms with E-state index in [-0.39, 0.29) is 18.7 Å². The summed E-state index contributed by atoms with van der Waals surface area (Å²) in [6, 6.07) is 28.1. The van der Waals surface area contributed by atoms with E-state index in [1.807, 2.05) is 0 Å². The van der Waals surface area contributed by atoms with Crippen LogP contribution >= 0.6 is 7.26 Å². The number of benzene rings is 3. The van der Waals surface area contributed by atoms with Crippen molar-refractivity contribution in [3.8, 4) is 0 Å². The predicted molar refractivity (Wildman–Crippen MR) is 182 cm³/mol. The van der Waals surface area contributed by atoms with Gasteiger partial charge in [0.25, 0.3) is 0 Å². The number of hydrogen-bond acceptors (Lipinski definition) is 2. The summed E-state index contributed by atoms with van der Waals surface area (Å²) in [7, 11) is -1.77. The Hall–Kier alpha value is -1.96. The largest absolute Gasteiger partial charge is 1.00 e. The van der Waals surface area contributed by atoms with Crippen molar-refractivity contribution < 1.29 is 21.9 Å². The van der Waals surface area contributed by atoms with E-state index in [1.165, 1.54) is 64.4 Å². The fourth-order valence-electron chi connectivity index (χ4n) is 5.38. The maximum atomic E-state index is 5.87. The van der Waals surface area contributed by atoms with Crippen molar-refractivity contribution in [2.24, 2.45) is 0 Å². The van der Waals surface area contributed by atoms with Gasteiger partial charge in [0, 0.05) is 13.2 Å². The van der Waals surface area contributed by atoms with Crippen LogP contribution in [0.1, 0.15) is 88.3 Å². The molecule has 0 N–H and O–H groups in total. The molecule has 0 bridgehead atoms. The van der Waals surface area contributed by atoms with Crippen molar-refractivity contribution in [2.45, 2.75) is 98.7 Å². The SMILES string of the molecule is CCCOC(CCCCC/C=C\CCC[P+](c1ccc(C)cc1)(c1ccc(C)cc1)c1ccc(C)cc1)OCCC.[Cl-]. The highest BCUT2D eigenvalue weighted by Gasteiger charge is 2.44. The van der Waals surface area contributed by atoms with E-state index in [4.69, 9.17) is 9.47 Å². The molecule has 4 heteroatoms. The predicted octanol–water partition coefficient (Wildman–Crippen LogP) is 6.38. The Morgan fingerprint density at radius 1 is 0.571 bits per heavy atom. The fraction of sp³-hybridized carbons (Fsp3) is 0.474. The van der Waals surface area contributed by atoms with Gasteiger partial charge < -0.3 is 21.9 Å². The highest BCUT2D eigenvalue weighted by Crippen LogP contribution is 2.56. The standard InChI is InChI=1S/C38H54O2P.ClH/c1-6-29-39-38(40-30-7-2)16-14-12-10-8-9-11-13-15-31-41(35-23-17-32(3)18-24-35,36-25-19-33(4)20-26-36)37-27-21-34(5)22-28-37;/h9,11,17-28,38H,6-8,10,12-16,29-31H2,1-5H3;1H/q+1;/p-1/b11-9-;. The van der Waals surface area contributed by atoms with Crippen molar-refractivity contribution in [3.05, 3.63) is 102 Å².